The molecule has 0 bridgehead atoms. The first-order valence-corrected chi connectivity index (χ1v) is 14.5. The Morgan fingerprint density at radius 3 is 2.70 bits per heavy atom. The van der Waals surface area contributed by atoms with Gasteiger partial charge in [0.25, 0.3) is 0 Å². The molecule has 0 spiro atoms. The predicted octanol–water partition coefficient (Wildman–Crippen LogP) is 5.21. The Morgan fingerprint density at radius 2 is 2.03 bits per heavy atom. The Hall–Kier alpha value is -2.13. The van der Waals surface area contributed by atoms with E-state index >= 15 is 0 Å². The van der Waals surface area contributed by atoms with Crippen LogP contribution in [0.1, 0.15) is 36.6 Å². The number of pyridine rings is 1. The number of halogens is 1. The number of rotatable bonds is 6. The number of thioether (sulfide) groups is 1. The molecule has 3 N–H and O–H groups in total. The molecular weight excluding hydrogens is 508 g/mol. The second-order valence-corrected chi connectivity index (χ2v) is 9.63. The molecule has 1 saturated carbocycles. The number of H-pyrrole nitrogens is 1. The summed E-state index contributed by atoms with van der Waals surface area (Å²) >= 11 is 1.09. The van der Waals surface area contributed by atoms with Gasteiger partial charge in [-0.1, -0.05) is 6.07 Å². The third-order valence-corrected chi connectivity index (χ3v) is 6.45. The summed E-state index contributed by atoms with van der Waals surface area (Å²) in [6, 6.07) is 8.42. The summed E-state index contributed by atoms with van der Waals surface area (Å²) < 4.78 is 15.9. The Labute approximate surface area is 203 Å². The SMILES string of the molecule is CSc1cc(C2CCOC2)ccc1Nc1cc(NC(=O)C2CC2)nc2nc(C)[nH]c12.C[Se]F. The van der Waals surface area contributed by atoms with Gasteiger partial charge in [0.05, 0.1) is 18.0 Å². The van der Waals surface area contributed by atoms with E-state index in [0.29, 0.717) is 17.4 Å². The first-order valence-electron chi connectivity index (χ1n) is 10.9. The van der Waals surface area contributed by atoms with Crippen LogP contribution in [0.25, 0.3) is 11.2 Å². The quantitative estimate of drug-likeness (QED) is 0.296. The third-order valence-electron chi connectivity index (χ3n) is 5.68. The zero-order chi connectivity index (χ0) is 23.4. The molecule has 1 unspecified atom stereocenters. The van der Waals surface area contributed by atoms with E-state index in [2.05, 4.69) is 50.0 Å². The van der Waals surface area contributed by atoms with Crippen LogP contribution in [0.5, 0.6) is 0 Å². The van der Waals surface area contributed by atoms with Gasteiger partial charge >= 0.3 is 24.8 Å². The number of carbonyl (C=O) groups excluding carboxylic acids is 1. The molecule has 1 amide bonds. The molecular formula is C23H28FN5O2SSe. The van der Waals surface area contributed by atoms with Gasteiger partial charge in [0.1, 0.15) is 17.2 Å². The number of ether oxygens (including phenoxy) is 1. The van der Waals surface area contributed by atoms with Gasteiger partial charge in [-0.05, 0) is 50.1 Å². The molecule has 1 saturated heterocycles. The standard InChI is InChI=1S/C22H25N5O2S.CH3FSe/c1-12-23-20-17(10-19(26-21(20)24-12)27-22(28)13-3-4-13)25-16-6-5-14(9-18(16)30-2)15-7-8-29-11-15;1-3-2/h5-6,9-10,13,15H,3-4,7-8,11H2,1-2H3,(H3,23,24,25,26,27,28);1H3. The van der Waals surface area contributed by atoms with E-state index in [0.717, 1.165) is 55.2 Å². The molecule has 10 heteroatoms. The van der Waals surface area contributed by atoms with Gasteiger partial charge in [0, 0.05) is 29.4 Å². The van der Waals surface area contributed by atoms with E-state index in [9.17, 15) is 8.35 Å². The van der Waals surface area contributed by atoms with Crippen molar-refractivity contribution in [1.29, 1.82) is 0 Å². The number of hydrogen-bond donors (Lipinski definition) is 3. The van der Waals surface area contributed by atoms with E-state index in [1.54, 1.807) is 11.8 Å². The van der Waals surface area contributed by atoms with Crippen molar-refractivity contribution in [3.63, 3.8) is 0 Å². The molecule has 33 heavy (non-hydrogen) atoms. The van der Waals surface area contributed by atoms with Crippen molar-refractivity contribution in [2.45, 2.75) is 42.8 Å². The molecule has 3 aromatic rings. The molecule has 5 rings (SSSR count). The molecule has 2 fully saturated rings. The number of imidazole rings is 1. The Kier molecular flexibility index (Phi) is 7.90. The van der Waals surface area contributed by atoms with Crippen molar-refractivity contribution in [2.24, 2.45) is 5.92 Å². The second-order valence-electron chi connectivity index (χ2n) is 8.14. The molecule has 1 aliphatic carbocycles. The number of amides is 1. The average molecular weight is 537 g/mol. The number of aromatic nitrogens is 3. The van der Waals surface area contributed by atoms with Gasteiger partial charge in [-0.3, -0.25) is 4.79 Å². The molecule has 2 aromatic heterocycles. The van der Waals surface area contributed by atoms with Gasteiger partial charge in [-0.25, -0.2) is 9.97 Å². The zero-order valence-corrected chi connectivity index (χ0v) is 21.4. The minimum absolute atomic E-state index is 0.0352. The molecule has 176 valence electrons. The normalized spacial score (nSPS) is 17.5. The average Bonchev–Trinajstić information content (AvgIpc) is 3.37. The minimum atomic E-state index is -0.625. The Morgan fingerprint density at radius 1 is 1.24 bits per heavy atom. The fourth-order valence-electron chi connectivity index (χ4n) is 3.85. The molecule has 1 aliphatic heterocycles. The van der Waals surface area contributed by atoms with Crippen LogP contribution < -0.4 is 10.6 Å². The van der Waals surface area contributed by atoms with E-state index in [1.165, 1.54) is 16.3 Å². The van der Waals surface area contributed by atoms with E-state index < -0.39 is 15.4 Å². The van der Waals surface area contributed by atoms with E-state index in [1.807, 2.05) is 13.0 Å². The summed E-state index contributed by atoms with van der Waals surface area (Å²) in [5.74, 6) is 3.46. The predicted molar refractivity (Wildman–Crippen MR) is 132 cm³/mol. The monoisotopic (exact) mass is 537 g/mol. The number of fused-ring (bicyclic) bond motifs is 1. The number of nitrogens with zero attached hydrogens (tertiary/aromatic N) is 2. The molecule has 7 nitrogen and oxygen atoms in total. The van der Waals surface area contributed by atoms with Gasteiger partial charge in [-0.15, -0.1) is 11.8 Å². The van der Waals surface area contributed by atoms with Crippen LogP contribution in [0.4, 0.5) is 20.7 Å². The summed E-state index contributed by atoms with van der Waals surface area (Å²) in [6.07, 6.45) is 5.06. The van der Waals surface area contributed by atoms with Crippen LogP contribution in [0.3, 0.4) is 0 Å². The topological polar surface area (TPSA) is 91.9 Å². The number of aryl methyl sites for hydroxylation is 1. The molecule has 2 aliphatic rings. The Balaban J connectivity index is 0.000000821. The Bertz CT molecular complexity index is 1130. The van der Waals surface area contributed by atoms with E-state index in [4.69, 9.17) is 4.74 Å². The summed E-state index contributed by atoms with van der Waals surface area (Å²) in [6.45, 7) is 3.53. The van der Waals surface area contributed by atoms with Crippen molar-refractivity contribution in [3.8, 4) is 0 Å². The number of anilines is 3. The van der Waals surface area contributed by atoms with Gasteiger partial charge in [-0.2, -0.15) is 0 Å². The van der Waals surface area contributed by atoms with Crippen molar-refractivity contribution < 1.29 is 13.1 Å². The zero-order valence-electron chi connectivity index (χ0n) is 18.9. The molecule has 1 aromatic carbocycles. The van der Waals surface area contributed by atoms with Crippen LogP contribution in [0, 0.1) is 12.8 Å². The number of nitrogens with one attached hydrogen (secondary N) is 3. The summed E-state index contributed by atoms with van der Waals surface area (Å²) in [5, 5.41) is 6.48. The van der Waals surface area contributed by atoms with Crippen molar-refractivity contribution in [2.75, 3.05) is 30.1 Å². The van der Waals surface area contributed by atoms with Gasteiger partial charge in [0.15, 0.2) is 5.65 Å². The number of hydrogen-bond acceptors (Lipinski definition) is 6. The van der Waals surface area contributed by atoms with Crippen LogP contribution >= 0.6 is 11.8 Å². The summed E-state index contributed by atoms with van der Waals surface area (Å²) in [4.78, 5) is 25.7. The van der Waals surface area contributed by atoms with Crippen molar-refractivity contribution in [3.05, 3.63) is 35.7 Å². The number of carbonyl (C=O) groups is 1. The second kappa shape index (κ2) is 10.9. The van der Waals surface area contributed by atoms with Crippen LogP contribution in [-0.2, 0) is 9.53 Å². The summed E-state index contributed by atoms with van der Waals surface area (Å²) in [7, 11) is 0. The first kappa shape index (κ1) is 24.0. The first-order chi connectivity index (χ1) is 16.0. The maximum absolute atomic E-state index is 12.2. The van der Waals surface area contributed by atoms with E-state index in [-0.39, 0.29) is 11.8 Å². The molecule has 0 radical (unpaired) electrons. The maximum atomic E-state index is 12.2. The third kappa shape index (κ3) is 5.87. The molecule has 3 heterocycles. The van der Waals surface area contributed by atoms with Gasteiger partial charge in [0.2, 0.25) is 5.91 Å². The number of aromatic amines is 1. The van der Waals surface area contributed by atoms with Crippen molar-refractivity contribution in [1.82, 2.24) is 15.0 Å². The fourth-order valence-corrected chi connectivity index (χ4v) is 4.44. The number of benzene rings is 1. The van der Waals surface area contributed by atoms with Crippen LogP contribution in [0.15, 0.2) is 29.2 Å². The van der Waals surface area contributed by atoms with Crippen LogP contribution in [0.2, 0.25) is 5.82 Å². The van der Waals surface area contributed by atoms with Crippen LogP contribution in [-0.4, -0.2) is 55.7 Å². The van der Waals surface area contributed by atoms with Crippen molar-refractivity contribution >= 4 is 61.4 Å². The summed E-state index contributed by atoms with van der Waals surface area (Å²) in [5.41, 5.74) is 4.60. The van der Waals surface area contributed by atoms with Gasteiger partial charge < -0.3 is 20.4 Å². The molecule has 1 atom stereocenters. The fraction of sp³-hybridized carbons (Fsp3) is 0.435.